The summed E-state index contributed by atoms with van der Waals surface area (Å²) in [5.74, 6) is 0.276. The van der Waals surface area contributed by atoms with Gasteiger partial charge >= 0.3 is 5.97 Å². The van der Waals surface area contributed by atoms with Crippen molar-refractivity contribution in [2.24, 2.45) is 0 Å². The highest BCUT2D eigenvalue weighted by molar-refractivity contribution is 7.97. The molecule has 0 atom stereocenters. The Bertz CT molecular complexity index is 655. The molecule has 0 saturated heterocycles. The lowest BCUT2D eigenvalue weighted by Gasteiger charge is -2.13. The summed E-state index contributed by atoms with van der Waals surface area (Å²) < 4.78 is 5.21. The Morgan fingerprint density at radius 3 is 1.78 bits per heavy atom. The summed E-state index contributed by atoms with van der Waals surface area (Å²) >= 11 is 0. The topological polar surface area (TPSA) is 26.3 Å². The zero-order valence-electron chi connectivity index (χ0n) is 14.6. The van der Waals surface area contributed by atoms with Crippen LogP contribution in [0.3, 0.4) is 0 Å². The summed E-state index contributed by atoms with van der Waals surface area (Å²) in [6.07, 6.45) is 0. The summed E-state index contributed by atoms with van der Waals surface area (Å²) in [4.78, 5) is 14.6. The van der Waals surface area contributed by atoms with E-state index in [4.69, 9.17) is 4.74 Å². The number of carbonyl (C=O) groups excluding carboxylic acids is 1. The fraction of sp³-hybridized carbons (Fsp3) is 0.350. The number of rotatable bonds is 5. The SMILES string of the molecule is CCOC(=O)C[S+](c1ccc(C)cc1C)c1ccc(C)cc1C. The van der Waals surface area contributed by atoms with Crippen molar-refractivity contribution in [2.75, 3.05) is 12.4 Å². The molecule has 23 heavy (non-hydrogen) atoms. The average Bonchev–Trinajstić information content (AvgIpc) is 2.46. The Hall–Kier alpha value is -1.74. The minimum absolute atomic E-state index is 0.129. The van der Waals surface area contributed by atoms with Gasteiger partial charge in [0, 0.05) is 11.1 Å². The van der Waals surface area contributed by atoms with Crippen LogP contribution in [0, 0.1) is 27.7 Å². The van der Waals surface area contributed by atoms with E-state index in [1.165, 1.54) is 32.0 Å². The second-order valence-electron chi connectivity index (χ2n) is 5.88. The number of benzene rings is 2. The van der Waals surface area contributed by atoms with E-state index in [1.807, 2.05) is 6.92 Å². The second-order valence-corrected chi connectivity index (χ2v) is 7.83. The molecule has 2 nitrogen and oxygen atoms in total. The van der Waals surface area contributed by atoms with Gasteiger partial charge in [0.2, 0.25) is 5.75 Å². The van der Waals surface area contributed by atoms with Crippen LogP contribution < -0.4 is 0 Å². The van der Waals surface area contributed by atoms with Crippen LogP contribution in [-0.2, 0) is 20.4 Å². The molecule has 0 fully saturated rings. The summed E-state index contributed by atoms with van der Waals surface area (Å²) in [5.41, 5.74) is 4.95. The summed E-state index contributed by atoms with van der Waals surface area (Å²) in [6, 6.07) is 12.9. The van der Waals surface area contributed by atoms with E-state index in [0.29, 0.717) is 12.4 Å². The van der Waals surface area contributed by atoms with Gasteiger partial charge in [-0.2, -0.15) is 0 Å². The lowest BCUT2D eigenvalue weighted by Crippen LogP contribution is -2.21. The molecule has 2 aromatic carbocycles. The largest absolute Gasteiger partial charge is 0.462 e. The molecule has 122 valence electrons. The highest BCUT2D eigenvalue weighted by atomic mass is 32.2. The maximum Gasteiger partial charge on any atom is 0.357 e. The third kappa shape index (κ3) is 4.38. The zero-order chi connectivity index (χ0) is 17.0. The predicted molar refractivity (Wildman–Crippen MR) is 97.2 cm³/mol. The van der Waals surface area contributed by atoms with Crippen LogP contribution in [0.1, 0.15) is 29.2 Å². The van der Waals surface area contributed by atoms with Gasteiger partial charge < -0.3 is 4.74 Å². The van der Waals surface area contributed by atoms with Crippen molar-refractivity contribution < 1.29 is 9.53 Å². The van der Waals surface area contributed by atoms with Crippen molar-refractivity contribution in [1.29, 1.82) is 0 Å². The highest BCUT2D eigenvalue weighted by Gasteiger charge is 2.32. The molecular weight excluding hydrogens is 304 g/mol. The maximum atomic E-state index is 12.1. The second kappa shape index (κ2) is 7.69. The van der Waals surface area contributed by atoms with Crippen molar-refractivity contribution in [3.8, 4) is 0 Å². The molecule has 0 unspecified atom stereocenters. The maximum absolute atomic E-state index is 12.1. The van der Waals surface area contributed by atoms with Crippen LogP contribution in [0.15, 0.2) is 46.2 Å². The van der Waals surface area contributed by atoms with Gasteiger partial charge in [0.1, 0.15) is 0 Å². The molecule has 0 N–H and O–H groups in total. The number of hydrogen-bond donors (Lipinski definition) is 0. The monoisotopic (exact) mass is 329 g/mol. The Morgan fingerprint density at radius 2 is 1.39 bits per heavy atom. The lowest BCUT2D eigenvalue weighted by atomic mass is 10.2. The Kier molecular flexibility index (Phi) is 5.89. The van der Waals surface area contributed by atoms with Gasteiger partial charge in [0.15, 0.2) is 9.79 Å². The molecule has 0 aromatic heterocycles. The summed E-state index contributed by atoms with van der Waals surface area (Å²) in [6.45, 7) is 10.7. The van der Waals surface area contributed by atoms with Gasteiger partial charge in [0.05, 0.1) is 17.5 Å². The molecule has 0 bridgehead atoms. The van der Waals surface area contributed by atoms with E-state index >= 15 is 0 Å². The molecule has 3 heteroatoms. The predicted octanol–water partition coefficient (Wildman–Crippen LogP) is 4.52. The molecule has 0 amide bonds. The normalized spacial score (nSPS) is 10.9. The van der Waals surface area contributed by atoms with E-state index in [0.717, 1.165) is 0 Å². The third-order valence-electron chi connectivity index (χ3n) is 3.76. The van der Waals surface area contributed by atoms with Gasteiger partial charge in [-0.15, -0.1) is 0 Å². The third-order valence-corrected chi connectivity index (χ3v) is 6.26. The van der Waals surface area contributed by atoms with E-state index < -0.39 is 0 Å². The van der Waals surface area contributed by atoms with Crippen molar-refractivity contribution in [2.45, 2.75) is 44.4 Å². The first-order chi connectivity index (χ1) is 10.9. The first kappa shape index (κ1) is 17.6. The van der Waals surface area contributed by atoms with Crippen LogP contribution in [0.4, 0.5) is 0 Å². The first-order valence-corrected chi connectivity index (χ1v) is 9.32. The van der Waals surface area contributed by atoms with Gasteiger partial charge in [-0.1, -0.05) is 35.4 Å². The number of esters is 1. The van der Waals surface area contributed by atoms with Crippen molar-refractivity contribution in [1.82, 2.24) is 0 Å². The van der Waals surface area contributed by atoms with Crippen molar-refractivity contribution >= 4 is 16.9 Å². The summed E-state index contributed by atoms with van der Waals surface area (Å²) in [7, 11) is -0.297. The summed E-state index contributed by atoms with van der Waals surface area (Å²) in [5, 5.41) is 0. The molecule has 2 rings (SSSR count). The van der Waals surface area contributed by atoms with Gasteiger partial charge in [-0.3, -0.25) is 0 Å². The molecular formula is C20H25O2S+. The van der Waals surface area contributed by atoms with Gasteiger partial charge in [-0.05, 0) is 46.8 Å². The Labute approximate surface area is 142 Å². The standard InChI is InChI=1S/C20H25O2S/c1-6-22-20(21)13-23(18-9-7-14(2)11-16(18)4)19-10-8-15(3)12-17(19)5/h7-12H,6,13H2,1-5H3/q+1. The minimum atomic E-state index is -0.297. The number of ether oxygens (including phenoxy) is 1. The lowest BCUT2D eigenvalue weighted by molar-refractivity contribution is -0.139. The van der Waals surface area contributed by atoms with Crippen molar-refractivity contribution in [3.63, 3.8) is 0 Å². The van der Waals surface area contributed by atoms with E-state index in [2.05, 4.69) is 64.1 Å². The smallest absolute Gasteiger partial charge is 0.357 e. The van der Waals surface area contributed by atoms with E-state index in [9.17, 15) is 4.79 Å². The van der Waals surface area contributed by atoms with Crippen LogP contribution in [0.2, 0.25) is 0 Å². The number of carbonyl (C=O) groups is 1. The van der Waals surface area contributed by atoms with Crippen LogP contribution in [0.5, 0.6) is 0 Å². The fourth-order valence-corrected chi connectivity index (χ4v) is 4.97. The van der Waals surface area contributed by atoms with Crippen LogP contribution in [0.25, 0.3) is 0 Å². The van der Waals surface area contributed by atoms with Crippen LogP contribution >= 0.6 is 0 Å². The highest BCUT2D eigenvalue weighted by Crippen LogP contribution is 2.30. The molecule has 0 heterocycles. The van der Waals surface area contributed by atoms with E-state index in [1.54, 1.807) is 0 Å². The molecule has 0 spiro atoms. The number of hydrogen-bond acceptors (Lipinski definition) is 2. The Balaban J connectivity index is 2.48. The van der Waals surface area contributed by atoms with Crippen LogP contribution in [-0.4, -0.2) is 18.3 Å². The molecule has 0 aliphatic rings. The molecule has 0 radical (unpaired) electrons. The quantitative estimate of drug-likeness (QED) is 0.595. The fourth-order valence-electron chi connectivity index (χ4n) is 2.75. The average molecular weight is 329 g/mol. The van der Waals surface area contributed by atoms with Crippen molar-refractivity contribution in [3.05, 3.63) is 58.7 Å². The minimum Gasteiger partial charge on any atom is -0.462 e. The zero-order valence-corrected chi connectivity index (χ0v) is 15.4. The molecule has 0 aliphatic carbocycles. The molecule has 2 aromatic rings. The first-order valence-electron chi connectivity index (χ1n) is 7.93. The Morgan fingerprint density at radius 1 is 0.913 bits per heavy atom. The van der Waals surface area contributed by atoms with Gasteiger partial charge in [-0.25, -0.2) is 4.79 Å². The number of aryl methyl sites for hydroxylation is 4. The van der Waals surface area contributed by atoms with Gasteiger partial charge in [0.25, 0.3) is 0 Å². The molecule has 0 aliphatic heterocycles. The molecule has 0 saturated carbocycles. The van der Waals surface area contributed by atoms with E-state index in [-0.39, 0.29) is 16.9 Å².